The zero-order chi connectivity index (χ0) is 20.6. The number of rotatable bonds is 7. The zero-order valence-electron chi connectivity index (χ0n) is 17.2. The molecule has 1 aliphatic rings. The molecule has 2 heterocycles. The number of likely N-dealkylation sites (tertiary alicyclic amines) is 1. The fraction of sp³-hybridized carbons (Fsp3) is 0.435. The van der Waals surface area contributed by atoms with Gasteiger partial charge in [-0.2, -0.15) is 0 Å². The molecule has 154 valence electrons. The Bertz CT molecular complexity index is 853. The number of amides is 2. The molecule has 0 saturated carbocycles. The standard InChI is InChI=1S/C23H29N3O3/c1-3-20-9-6-7-13-26(20)23(28)19-14-18(15-24-16-19)22(27)25-12-11-17-8-4-5-10-21(17)29-2/h4-5,8,10,14-16,20H,3,6-7,9,11-13H2,1-2H3,(H,25,27). The molecule has 3 rings (SSSR count). The van der Waals surface area contributed by atoms with E-state index in [0.29, 0.717) is 24.1 Å². The second-order valence-corrected chi connectivity index (χ2v) is 7.34. The van der Waals surface area contributed by atoms with Crippen LogP contribution in [0, 0.1) is 0 Å². The van der Waals surface area contributed by atoms with Crippen LogP contribution >= 0.6 is 0 Å². The molecule has 6 nitrogen and oxygen atoms in total. The van der Waals surface area contributed by atoms with Crippen LogP contribution in [-0.2, 0) is 6.42 Å². The van der Waals surface area contributed by atoms with Gasteiger partial charge in [-0.1, -0.05) is 25.1 Å². The Hall–Kier alpha value is -2.89. The third kappa shape index (κ3) is 5.13. The van der Waals surface area contributed by atoms with Crippen molar-refractivity contribution < 1.29 is 14.3 Å². The molecule has 0 aliphatic carbocycles. The minimum Gasteiger partial charge on any atom is -0.496 e. The van der Waals surface area contributed by atoms with Crippen molar-refractivity contribution in [2.45, 2.75) is 45.1 Å². The first-order chi connectivity index (χ1) is 14.1. The van der Waals surface area contributed by atoms with Crippen LogP contribution in [0.5, 0.6) is 5.75 Å². The van der Waals surface area contributed by atoms with Gasteiger partial charge >= 0.3 is 0 Å². The number of nitrogens with zero attached hydrogens (tertiary/aromatic N) is 2. The molecule has 0 spiro atoms. The van der Waals surface area contributed by atoms with E-state index in [2.05, 4.69) is 17.2 Å². The van der Waals surface area contributed by atoms with Crippen molar-refractivity contribution in [3.63, 3.8) is 0 Å². The van der Waals surface area contributed by atoms with E-state index in [9.17, 15) is 9.59 Å². The number of benzene rings is 1. The highest BCUT2D eigenvalue weighted by molar-refractivity contribution is 5.99. The predicted octanol–water partition coefficient (Wildman–Crippen LogP) is 3.47. The summed E-state index contributed by atoms with van der Waals surface area (Å²) >= 11 is 0. The Balaban J connectivity index is 1.62. The lowest BCUT2D eigenvalue weighted by atomic mass is 9.99. The summed E-state index contributed by atoms with van der Waals surface area (Å²) in [6.07, 6.45) is 7.89. The maximum atomic E-state index is 13.0. The average molecular weight is 396 g/mol. The predicted molar refractivity (Wildman–Crippen MR) is 112 cm³/mol. The molecule has 1 aromatic heterocycles. The molecule has 1 unspecified atom stereocenters. The Morgan fingerprint density at radius 2 is 2.00 bits per heavy atom. The van der Waals surface area contributed by atoms with Gasteiger partial charge in [0.15, 0.2) is 0 Å². The third-order valence-electron chi connectivity index (χ3n) is 5.48. The fourth-order valence-corrected chi connectivity index (χ4v) is 3.86. The molecule has 6 heteroatoms. The van der Waals surface area contributed by atoms with Crippen LogP contribution in [0.15, 0.2) is 42.7 Å². The molecule has 1 aliphatic heterocycles. The van der Waals surface area contributed by atoms with Crippen LogP contribution in [0.4, 0.5) is 0 Å². The molecule has 1 atom stereocenters. The van der Waals surface area contributed by atoms with Crippen molar-refractivity contribution in [3.8, 4) is 5.75 Å². The van der Waals surface area contributed by atoms with Gasteiger partial charge in [0, 0.05) is 31.5 Å². The number of nitrogens with one attached hydrogen (secondary N) is 1. The number of para-hydroxylation sites is 1. The molecular weight excluding hydrogens is 366 g/mol. The maximum absolute atomic E-state index is 13.0. The largest absolute Gasteiger partial charge is 0.496 e. The summed E-state index contributed by atoms with van der Waals surface area (Å²) < 4.78 is 5.34. The molecular formula is C23H29N3O3. The number of methoxy groups -OCH3 is 1. The number of hydrogen-bond acceptors (Lipinski definition) is 4. The van der Waals surface area contributed by atoms with Crippen LogP contribution < -0.4 is 10.1 Å². The molecule has 0 radical (unpaired) electrons. The molecule has 1 fully saturated rings. The number of ether oxygens (including phenoxy) is 1. The summed E-state index contributed by atoms with van der Waals surface area (Å²) in [6, 6.07) is 9.67. The summed E-state index contributed by atoms with van der Waals surface area (Å²) in [7, 11) is 1.64. The van der Waals surface area contributed by atoms with Crippen LogP contribution in [0.25, 0.3) is 0 Å². The van der Waals surface area contributed by atoms with Gasteiger partial charge in [-0.25, -0.2) is 0 Å². The van der Waals surface area contributed by atoms with Gasteiger partial charge in [0.2, 0.25) is 0 Å². The van der Waals surface area contributed by atoms with E-state index in [1.165, 1.54) is 6.20 Å². The van der Waals surface area contributed by atoms with Gasteiger partial charge < -0.3 is 15.0 Å². The molecule has 2 aromatic rings. The van der Waals surface area contributed by atoms with Crippen LogP contribution in [0.3, 0.4) is 0 Å². The highest BCUT2D eigenvalue weighted by Gasteiger charge is 2.26. The molecule has 2 amide bonds. The van der Waals surface area contributed by atoms with E-state index >= 15 is 0 Å². The number of aromatic nitrogens is 1. The molecule has 29 heavy (non-hydrogen) atoms. The summed E-state index contributed by atoms with van der Waals surface area (Å²) in [4.78, 5) is 31.6. The lowest BCUT2D eigenvalue weighted by molar-refractivity contribution is 0.0607. The van der Waals surface area contributed by atoms with Crippen LogP contribution in [0.2, 0.25) is 0 Å². The van der Waals surface area contributed by atoms with Crippen molar-refractivity contribution in [3.05, 3.63) is 59.4 Å². The molecule has 0 bridgehead atoms. The summed E-state index contributed by atoms with van der Waals surface area (Å²) in [5.74, 6) is 0.545. The minimum atomic E-state index is -0.229. The van der Waals surface area contributed by atoms with Crippen molar-refractivity contribution in [1.29, 1.82) is 0 Å². The number of hydrogen-bond donors (Lipinski definition) is 1. The Kier molecular flexibility index (Phi) is 7.22. The maximum Gasteiger partial charge on any atom is 0.255 e. The Morgan fingerprint density at radius 1 is 1.21 bits per heavy atom. The summed E-state index contributed by atoms with van der Waals surface area (Å²) in [5, 5.41) is 2.90. The second-order valence-electron chi connectivity index (χ2n) is 7.34. The van der Waals surface area contributed by atoms with E-state index in [1.807, 2.05) is 29.2 Å². The minimum absolute atomic E-state index is 0.0345. The van der Waals surface area contributed by atoms with Gasteiger partial charge in [-0.15, -0.1) is 0 Å². The van der Waals surface area contributed by atoms with E-state index in [0.717, 1.165) is 43.5 Å². The smallest absolute Gasteiger partial charge is 0.255 e. The van der Waals surface area contributed by atoms with Gasteiger partial charge in [-0.3, -0.25) is 14.6 Å². The van der Waals surface area contributed by atoms with Gasteiger partial charge in [0.05, 0.1) is 18.2 Å². The van der Waals surface area contributed by atoms with E-state index in [4.69, 9.17) is 4.74 Å². The second kappa shape index (κ2) is 10.0. The number of pyridine rings is 1. The zero-order valence-corrected chi connectivity index (χ0v) is 17.2. The van der Waals surface area contributed by atoms with Gasteiger partial charge in [0.25, 0.3) is 11.8 Å². The first kappa shape index (κ1) is 20.8. The summed E-state index contributed by atoms with van der Waals surface area (Å²) in [5.41, 5.74) is 1.91. The Labute approximate surface area is 172 Å². The van der Waals surface area contributed by atoms with E-state index in [-0.39, 0.29) is 17.9 Å². The monoisotopic (exact) mass is 395 g/mol. The lowest BCUT2D eigenvalue weighted by Crippen LogP contribution is -2.43. The van der Waals surface area contributed by atoms with Crippen molar-refractivity contribution in [2.24, 2.45) is 0 Å². The van der Waals surface area contributed by atoms with Crippen molar-refractivity contribution >= 4 is 11.8 Å². The van der Waals surface area contributed by atoms with Gasteiger partial charge in [0.1, 0.15) is 5.75 Å². The number of piperidine rings is 1. The third-order valence-corrected chi connectivity index (χ3v) is 5.48. The SMILES string of the molecule is CCC1CCCCN1C(=O)c1cncc(C(=O)NCCc2ccccc2OC)c1. The molecule has 1 N–H and O–H groups in total. The summed E-state index contributed by atoms with van der Waals surface area (Å²) in [6.45, 7) is 3.36. The lowest BCUT2D eigenvalue weighted by Gasteiger charge is -2.35. The molecule has 1 aromatic carbocycles. The number of carbonyl (C=O) groups is 2. The highest BCUT2D eigenvalue weighted by Crippen LogP contribution is 2.22. The average Bonchev–Trinajstić information content (AvgIpc) is 2.78. The highest BCUT2D eigenvalue weighted by atomic mass is 16.5. The quantitative estimate of drug-likeness (QED) is 0.779. The van der Waals surface area contributed by atoms with Crippen molar-refractivity contribution in [1.82, 2.24) is 15.2 Å². The van der Waals surface area contributed by atoms with E-state index in [1.54, 1.807) is 19.4 Å². The number of carbonyl (C=O) groups excluding carboxylic acids is 2. The van der Waals surface area contributed by atoms with Crippen molar-refractivity contribution in [2.75, 3.05) is 20.2 Å². The topological polar surface area (TPSA) is 71.5 Å². The van der Waals surface area contributed by atoms with Crippen LogP contribution in [0.1, 0.15) is 58.9 Å². The van der Waals surface area contributed by atoms with Crippen LogP contribution in [-0.4, -0.2) is 47.9 Å². The normalized spacial score (nSPS) is 16.3. The molecule has 1 saturated heterocycles. The Morgan fingerprint density at radius 3 is 2.79 bits per heavy atom. The first-order valence-corrected chi connectivity index (χ1v) is 10.3. The first-order valence-electron chi connectivity index (χ1n) is 10.3. The van der Waals surface area contributed by atoms with Gasteiger partial charge in [-0.05, 0) is 49.8 Å². The van der Waals surface area contributed by atoms with E-state index < -0.39 is 0 Å². The fourth-order valence-electron chi connectivity index (χ4n) is 3.86.